The van der Waals surface area contributed by atoms with Gasteiger partial charge in [0.2, 0.25) is 5.89 Å². The second kappa shape index (κ2) is 8.11. The van der Waals surface area contributed by atoms with Crippen LogP contribution in [0.15, 0.2) is 74.7 Å². The molecule has 0 amide bonds. The fourth-order valence-corrected chi connectivity index (χ4v) is 4.45. The van der Waals surface area contributed by atoms with Crippen LogP contribution in [0.3, 0.4) is 0 Å². The highest BCUT2D eigenvalue weighted by Gasteiger charge is 2.29. The Balaban J connectivity index is 1.54. The quantitative estimate of drug-likeness (QED) is 0.618. The van der Waals surface area contributed by atoms with Gasteiger partial charge in [-0.15, -0.1) is 4.40 Å². The highest BCUT2D eigenvalue weighted by Crippen LogP contribution is 2.32. The number of oxazole rings is 1. The maximum atomic E-state index is 12.8. The third-order valence-electron chi connectivity index (χ3n) is 4.81. The predicted molar refractivity (Wildman–Crippen MR) is 110 cm³/mol. The molecule has 1 N–H and O–H groups in total. The van der Waals surface area contributed by atoms with Crippen molar-refractivity contribution in [2.45, 2.75) is 23.7 Å². The first-order chi connectivity index (χ1) is 14.5. The van der Waals surface area contributed by atoms with Crippen LogP contribution in [0.5, 0.6) is 5.75 Å². The van der Waals surface area contributed by atoms with Crippen LogP contribution in [0.1, 0.15) is 30.2 Å². The zero-order valence-corrected chi connectivity index (χ0v) is 16.9. The Kier molecular flexibility index (Phi) is 5.37. The van der Waals surface area contributed by atoms with Crippen LogP contribution in [0.2, 0.25) is 0 Å². The Morgan fingerprint density at radius 1 is 1.20 bits per heavy atom. The van der Waals surface area contributed by atoms with Crippen LogP contribution in [0, 0.1) is 0 Å². The highest BCUT2D eigenvalue weighted by atomic mass is 32.2. The minimum atomic E-state index is -4.01. The molecule has 0 spiro atoms. The van der Waals surface area contributed by atoms with Gasteiger partial charge in [0.05, 0.1) is 24.9 Å². The van der Waals surface area contributed by atoms with Crippen molar-refractivity contribution in [2.75, 3.05) is 12.4 Å². The van der Waals surface area contributed by atoms with E-state index in [-0.39, 0.29) is 23.1 Å². The number of ether oxygens (including phenoxy) is 1. The number of methoxy groups -OCH3 is 1. The number of fused-ring (bicyclic) bond motifs is 1. The van der Waals surface area contributed by atoms with E-state index in [0.717, 1.165) is 5.56 Å². The number of benzene rings is 2. The van der Waals surface area contributed by atoms with E-state index in [1.807, 2.05) is 30.3 Å². The van der Waals surface area contributed by atoms with Gasteiger partial charge in [-0.3, -0.25) is 4.79 Å². The van der Waals surface area contributed by atoms with E-state index < -0.39 is 15.8 Å². The number of sulfonamides is 1. The third kappa shape index (κ3) is 3.97. The summed E-state index contributed by atoms with van der Waals surface area (Å²) in [5, 5.41) is 2.83. The van der Waals surface area contributed by atoms with Gasteiger partial charge in [0.1, 0.15) is 16.9 Å². The van der Waals surface area contributed by atoms with Gasteiger partial charge in [-0.05, 0) is 24.1 Å². The number of hydrogen-bond donors (Lipinski definition) is 1. The second-order valence-electron chi connectivity index (χ2n) is 6.70. The standard InChI is InChI=1S/C21H19N3O5S/c1-28-15-7-9-17-19(13-15)30(26,27)24-20(23-17)18(25)10-8-16(21-22-11-12-29-21)14-5-3-2-4-6-14/h2-7,9,11-13,16H,8,10H2,1H3,(H,23,24). The van der Waals surface area contributed by atoms with Crippen molar-refractivity contribution >= 4 is 27.3 Å². The van der Waals surface area contributed by atoms with Crippen LogP contribution < -0.4 is 10.1 Å². The average molecular weight is 425 g/mol. The minimum Gasteiger partial charge on any atom is -0.497 e. The van der Waals surface area contributed by atoms with Crippen molar-refractivity contribution in [1.29, 1.82) is 0 Å². The van der Waals surface area contributed by atoms with Crippen molar-refractivity contribution < 1.29 is 22.4 Å². The molecule has 0 bridgehead atoms. The molecule has 1 aliphatic heterocycles. The SMILES string of the molecule is COc1ccc2c(c1)S(=O)(=O)N=C(C(=O)CCC(c1ccccc1)c1ncco1)N2. The van der Waals surface area contributed by atoms with Crippen molar-refractivity contribution in [3.63, 3.8) is 0 Å². The first-order valence-electron chi connectivity index (χ1n) is 9.25. The lowest BCUT2D eigenvalue weighted by Crippen LogP contribution is -2.29. The predicted octanol–water partition coefficient (Wildman–Crippen LogP) is 3.38. The molecule has 1 unspecified atom stereocenters. The summed E-state index contributed by atoms with van der Waals surface area (Å²) in [5.74, 6) is 0.0419. The fourth-order valence-electron chi connectivity index (χ4n) is 3.31. The normalized spacial score (nSPS) is 15.4. The van der Waals surface area contributed by atoms with Gasteiger partial charge in [0.15, 0.2) is 11.6 Å². The number of amidine groups is 1. The number of Topliss-reactive ketones (excluding diaryl/α,β-unsaturated/α-hetero) is 1. The summed E-state index contributed by atoms with van der Waals surface area (Å²) < 4.78 is 39.3. The first-order valence-corrected chi connectivity index (χ1v) is 10.7. The molecule has 0 aliphatic carbocycles. The van der Waals surface area contributed by atoms with Gasteiger partial charge in [-0.2, -0.15) is 8.42 Å². The van der Waals surface area contributed by atoms with E-state index in [1.165, 1.54) is 19.4 Å². The maximum Gasteiger partial charge on any atom is 0.286 e. The van der Waals surface area contributed by atoms with Crippen LogP contribution in [0.25, 0.3) is 0 Å². The summed E-state index contributed by atoms with van der Waals surface area (Å²) in [6.07, 6.45) is 3.49. The minimum absolute atomic E-state index is 0.0275. The third-order valence-corrected chi connectivity index (χ3v) is 6.12. The number of aromatic nitrogens is 1. The molecule has 0 fully saturated rings. The summed E-state index contributed by atoms with van der Waals surface area (Å²) >= 11 is 0. The van der Waals surface area contributed by atoms with Gasteiger partial charge < -0.3 is 14.5 Å². The smallest absolute Gasteiger partial charge is 0.286 e. The molecule has 3 aromatic rings. The maximum absolute atomic E-state index is 12.8. The summed E-state index contributed by atoms with van der Waals surface area (Å²) in [5.41, 5.74) is 1.25. The summed E-state index contributed by atoms with van der Waals surface area (Å²) in [6, 6.07) is 14.1. The molecule has 0 saturated heterocycles. The lowest BCUT2D eigenvalue weighted by Gasteiger charge is -2.19. The molecule has 1 aromatic heterocycles. The molecule has 0 saturated carbocycles. The first kappa shape index (κ1) is 19.8. The molecular weight excluding hydrogens is 406 g/mol. The number of carbonyl (C=O) groups excluding carboxylic acids is 1. The van der Waals surface area contributed by atoms with Crippen LogP contribution in [-0.2, 0) is 14.8 Å². The Morgan fingerprint density at radius 3 is 2.70 bits per heavy atom. The topological polar surface area (TPSA) is 111 Å². The molecule has 1 aliphatic rings. The number of rotatable bonds is 7. The fraction of sp³-hybridized carbons (Fsp3) is 0.190. The molecule has 1 atom stereocenters. The molecule has 4 rings (SSSR count). The number of carbonyl (C=O) groups is 1. The molecule has 9 heteroatoms. The van der Waals surface area contributed by atoms with Gasteiger partial charge in [-0.1, -0.05) is 30.3 Å². The van der Waals surface area contributed by atoms with Crippen molar-refractivity contribution in [1.82, 2.24) is 4.98 Å². The van der Waals surface area contributed by atoms with Crippen molar-refractivity contribution in [3.8, 4) is 5.75 Å². The Hall–Kier alpha value is -3.46. The second-order valence-corrected chi connectivity index (χ2v) is 8.27. The van der Waals surface area contributed by atoms with Gasteiger partial charge >= 0.3 is 0 Å². The molecule has 2 heterocycles. The molecule has 154 valence electrons. The summed E-state index contributed by atoms with van der Waals surface area (Å²) in [7, 11) is -2.56. The van der Waals surface area contributed by atoms with E-state index in [2.05, 4.69) is 14.7 Å². The molecule has 8 nitrogen and oxygen atoms in total. The van der Waals surface area contributed by atoms with Crippen LogP contribution in [-0.4, -0.2) is 32.1 Å². The lowest BCUT2D eigenvalue weighted by atomic mass is 9.93. The van der Waals surface area contributed by atoms with Gasteiger partial charge in [-0.25, -0.2) is 4.98 Å². The molecule has 30 heavy (non-hydrogen) atoms. The van der Waals surface area contributed by atoms with E-state index >= 15 is 0 Å². The summed E-state index contributed by atoms with van der Waals surface area (Å²) in [6.45, 7) is 0. The Morgan fingerprint density at radius 2 is 2.00 bits per heavy atom. The highest BCUT2D eigenvalue weighted by molar-refractivity contribution is 7.90. The monoisotopic (exact) mass is 425 g/mol. The van der Waals surface area contributed by atoms with Crippen LogP contribution >= 0.6 is 0 Å². The Labute approximate surface area is 173 Å². The van der Waals surface area contributed by atoms with Crippen molar-refractivity contribution in [2.24, 2.45) is 4.40 Å². The number of nitrogens with one attached hydrogen (secondary N) is 1. The molecule has 0 radical (unpaired) electrons. The van der Waals surface area contributed by atoms with Gasteiger partial charge in [0, 0.05) is 12.5 Å². The largest absolute Gasteiger partial charge is 0.497 e. The molecular formula is C21H19N3O5S. The van der Waals surface area contributed by atoms with E-state index in [0.29, 0.717) is 23.7 Å². The number of anilines is 1. The average Bonchev–Trinajstić information content (AvgIpc) is 3.28. The van der Waals surface area contributed by atoms with Crippen LogP contribution in [0.4, 0.5) is 5.69 Å². The Bertz CT molecular complexity index is 1190. The number of ketones is 1. The zero-order valence-electron chi connectivity index (χ0n) is 16.1. The molecule has 2 aromatic carbocycles. The van der Waals surface area contributed by atoms with Gasteiger partial charge in [0.25, 0.3) is 10.0 Å². The summed E-state index contributed by atoms with van der Waals surface area (Å²) in [4.78, 5) is 17.0. The number of hydrogen-bond acceptors (Lipinski definition) is 7. The van der Waals surface area contributed by atoms with E-state index in [9.17, 15) is 13.2 Å². The lowest BCUT2D eigenvalue weighted by molar-refractivity contribution is -0.113. The number of nitrogens with zero attached hydrogens (tertiary/aromatic N) is 2. The van der Waals surface area contributed by atoms with E-state index in [1.54, 1.807) is 18.3 Å². The zero-order chi connectivity index (χ0) is 21.1. The van der Waals surface area contributed by atoms with Crippen molar-refractivity contribution in [3.05, 3.63) is 72.4 Å². The van der Waals surface area contributed by atoms with E-state index in [4.69, 9.17) is 9.15 Å².